The minimum atomic E-state index is 0.117. The Kier molecular flexibility index (Phi) is 4.66. The van der Waals surface area contributed by atoms with E-state index in [1.54, 1.807) is 0 Å². The van der Waals surface area contributed by atoms with Gasteiger partial charge in [-0.25, -0.2) is 0 Å². The van der Waals surface area contributed by atoms with Crippen molar-refractivity contribution >= 4 is 11.8 Å². The van der Waals surface area contributed by atoms with Gasteiger partial charge in [0.1, 0.15) is 0 Å². The Hall–Kier alpha value is -0.550. The zero-order valence-electron chi connectivity index (χ0n) is 11.8. The van der Waals surface area contributed by atoms with Crippen LogP contribution in [0.5, 0.6) is 0 Å². The molecule has 4 heteroatoms. The Balaban J connectivity index is 1.55. The molecule has 2 N–H and O–H groups in total. The zero-order valence-corrected chi connectivity index (χ0v) is 12.6. The number of thioether (sulfide) groups is 1. The molecule has 3 nitrogen and oxygen atoms in total. The average Bonchev–Trinajstić information content (AvgIpc) is 2.93. The van der Waals surface area contributed by atoms with Gasteiger partial charge in [0.25, 0.3) is 0 Å². The maximum Gasteiger partial charge on any atom is 0.0795 e. The number of aliphatic hydroxyl groups is 1. The summed E-state index contributed by atoms with van der Waals surface area (Å²) in [5.74, 6) is 2.40. The van der Waals surface area contributed by atoms with E-state index >= 15 is 0 Å². The van der Waals surface area contributed by atoms with Crippen molar-refractivity contribution in [2.75, 3.05) is 18.1 Å². The molecule has 1 spiro atoms. The number of benzene rings is 1. The van der Waals surface area contributed by atoms with E-state index in [0.717, 1.165) is 37.3 Å². The fourth-order valence-corrected chi connectivity index (χ4v) is 4.54. The highest BCUT2D eigenvalue weighted by atomic mass is 32.2. The summed E-state index contributed by atoms with van der Waals surface area (Å²) in [6.07, 6.45) is 3.45. The number of hydrogen-bond acceptors (Lipinski definition) is 4. The van der Waals surface area contributed by atoms with Crippen molar-refractivity contribution in [3.8, 4) is 0 Å². The number of aliphatic hydroxyl groups excluding tert-OH is 1. The van der Waals surface area contributed by atoms with Crippen molar-refractivity contribution in [1.29, 1.82) is 0 Å². The second-order valence-electron chi connectivity index (χ2n) is 5.88. The molecule has 110 valence electrons. The second-order valence-corrected chi connectivity index (χ2v) is 6.99. The third kappa shape index (κ3) is 3.37. The Morgan fingerprint density at radius 3 is 3.10 bits per heavy atom. The van der Waals surface area contributed by atoms with Crippen LogP contribution in [0.1, 0.15) is 30.4 Å². The zero-order chi connectivity index (χ0) is 13.8. The Morgan fingerprint density at radius 1 is 1.40 bits per heavy atom. The van der Waals surface area contributed by atoms with Gasteiger partial charge in [-0.1, -0.05) is 24.3 Å². The molecule has 3 rings (SSSR count). The summed E-state index contributed by atoms with van der Waals surface area (Å²) in [5.41, 5.74) is 2.38. The fraction of sp³-hybridized carbons (Fsp3) is 0.625. The van der Waals surface area contributed by atoms with Gasteiger partial charge >= 0.3 is 0 Å². The highest BCUT2D eigenvalue weighted by Gasteiger charge is 2.40. The fourth-order valence-electron chi connectivity index (χ4n) is 3.17. The van der Waals surface area contributed by atoms with E-state index in [1.165, 1.54) is 17.7 Å². The van der Waals surface area contributed by atoms with Crippen molar-refractivity contribution in [3.05, 3.63) is 35.4 Å². The first kappa shape index (κ1) is 14.4. The van der Waals surface area contributed by atoms with E-state index in [-0.39, 0.29) is 12.2 Å². The maximum atomic E-state index is 9.18. The predicted molar refractivity (Wildman–Crippen MR) is 82.9 cm³/mol. The third-order valence-corrected chi connectivity index (χ3v) is 5.55. The molecule has 0 radical (unpaired) electrons. The lowest BCUT2D eigenvalue weighted by Crippen LogP contribution is -2.47. The highest BCUT2D eigenvalue weighted by molar-refractivity contribution is 7.99. The summed E-state index contributed by atoms with van der Waals surface area (Å²) in [5, 5.41) is 12.8. The smallest absolute Gasteiger partial charge is 0.0795 e. The van der Waals surface area contributed by atoms with Gasteiger partial charge in [0.2, 0.25) is 0 Å². The minimum absolute atomic E-state index is 0.117. The van der Waals surface area contributed by atoms with E-state index in [0.29, 0.717) is 6.04 Å². The van der Waals surface area contributed by atoms with Gasteiger partial charge < -0.3 is 15.2 Å². The van der Waals surface area contributed by atoms with Crippen LogP contribution in [0.2, 0.25) is 0 Å². The van der Waals surface area contributed by atoms with Crippen molar-refractivity contribution < 1.29 is 9.84 Å². The maximum absolute atomic E-state index is 9.18. The summed E-state index contributed by atoms with van der Waals surface area (Å²) in [6.45, 7) is 1.88. The van der Waals surface area contributed by atoms with E-state index in [4.69, 9.17) is 4.74 Å². The van der Waals surface area contributed by atoms with Gasteiger partial charge in [-0.15, -0.1) is 0 Å². The molecule has 1 aromatic carbocycles. The Morgan fingerprint density at radius 2 is 2.30 bits per heavy atom. The van der Waals surface area contributed by atoms with Gasteiger partial charge in [-0.2, -0.15) is 11.8 Å². The van der Waals surface area contributed by atoms with Gasteiger partial charge in [-0.05, 0) is 36.1 Å². The van der Waals surface area contributed by atoms with Crippen LogP contribution in [-0.4, -0.2) is 34.9 Å². The third-order valence-electron chi connectivity index (χ3n) is 4.33. The normalized spacial score (nSPS) is 29.9. The number of hydrogen-bond donors (Lipinski definition) is 2. The first-order valence-corrected chi connectivity index (χ1v) is 8.59. The quantitative estimate of drug-likeness (QED) is 0.894. The van der Waals surface area contributed by atoms with Crippen molar-refractivity contribution in [3.63, 3.8) is 0 Å². The second kappa shape index (κ2) is 6.48. The summed E-state index contributed by atoms with van der Waals surface area (Å²) in [6, 6.07) is 8.73. The van der Waals surface area contributed by atoms with Crippen LogP contribution >= 0.6 is 11.8 Å². The lowest BCUT2D eigenvalue weighted by Gasteiger charge is -2.38. The summed E-state index contributed by atoms with van der Waals surface area (Å²) >= 11 is 2.02. The Labute approximate surface area is 125 Å². The molecule has 2 saturated heterocycles. The van der Waals surface area contributed by atoms with Crippen LogP contribution in [0.15, 0.2) is 24.3 Å². The summed E-state index contributed by atoms with van der Waals surface area (Å²) in [7, 11) is 0. The lowest BCUT2D eigenvalue weighted by atomic mass is 9.90. The van der Waals surface area contributed by atoms with Gasteiger partial charge in [0, 0.05) is 24.9 Å². The van der Waals surface area contributed by atoms with E-state index in [1.807, 2.05) is 23.9 Å². The van der Waals surface area contributed by atoms with E-state index < -0.39 is 0 Å². The molecule has 0 amide bonds. The van der Waals surface area contributed by atoms with E-state index in [2.05, 4.69) is 17.4 Å². The molecule has 0 aliphatic carbocycles. The average molecular weight is 293 g/mol. The molecular weight excluding hydrogens is 270 g/mol. The minimum Gasteiger partial charge on any atom is -0.392 e. The van der Waals surface area contributed by atoms with Gasteiger partial charge in [0.05, 0.1) is 12.2 Å². The molecule has 2 aliphatic rings. The van der Waals surface area contributed by atoms with Crippen LogP contribution in [0.4, 0.5) is 0 Å². The SMILES string of the molecule is OCc1cccc(CNC2CCOC3(CCSC3)C2)c1. The Bertz CT molecular complexity index is 446. The molecule has 0 aromatic heterocycles. The molecule has 2 aliphatic heterocycles. The number of nitrogens with one attached hydrogen (secondary N) is 1. The highest BCUT2D eigenvalue weighted by Crippen LogP contribution is 2.38. The van der Waals surface area contributed by atoms with Crippen LogP contribution < -0.4 is 5.32 Å². The molecule has 0 bridgehead atoms. The summed E-state index contributed by atoms with van der Waals surface area (Å²) in [4.78, 5) is 0. The van der Waals surface area contributed by atoms with Crippen LogP contribution in [0, 0.1) is 0 Å². The van der Waals surface area contributed by atoms with Crippen LogP contribution in [-0.2, 0) is 17.9 Å². The molecule has 2 unspecified atom stereocenters. The predicted octanol–water partition coefficient (Wildman–Crippen LogP) is 2.32. The van der Waals surface area contributed by atoms with Gasteiger partial charge in [0.15, 0.2) is 0 Å². The monoisotopic (exact) mass is 293 g/mol. The topological polar surface area (TPSA) is 41.5 Å². The molecular formula is C16H23NO2S. The molecule has 0 saturated carbocycles. The summed E-state index contributed by atoms with van der Waals surface area (Å²) < 4.78 is 6.05. The molecule has 2 fully saturated rings. The van der Waals surface area contributed by atoms with Crippen molar-refractivity contribution in [2.45, 2.75) is 44.1 Å². The standard InChI is InChI=1S/C16H23NO2S/c18-11-14-3-1-2-13(8-14)10-17-15-4-6-19-16(9-15)5-7-20-12-16/h1-3,8,15,17-18H,4-7,9-12H2. The first-order valence-electron chi connectivity index (χ1n) is 7.43. The number of rotatable bonds is 4. The van der Waals surface area contributed by atoms with Crippen LogP contribution in [0.25, 0.3) is 0 Å². The molecule has 1 aromatic rings. The molecule has 20 heavy (non-hydrogen) atoms. The van der Waals surface area contributed by atoms with Crippen LogP contribution in [0.3, 0.4) is 0 Å². The van der Waals surface area contributed by atoms with Gasteiger partial charge in [-0.3, -0.25) is 0 Å². The van der Waals surface area contributed by atoms with E-state index in [9.17, 15) is 5.11 Å². The largest absolute Gasteiger partial charge is 0.392 e. The van der Waals surface area contributed by atoms with Crippen molar-refractivity contribution in [1.82, 2.24) is 5.32 Å². The number of ether oxygens (including phenoxy) is 1. The molecule has 2 heterocycles. The van der Waals surface area contributed by atoms with Crippen molar-refractivity contribution in [2.24, 2.45) is 0 Å². The lowest BCUT2D eigenvalue weighted by molar-refractivity contribution is -0.0703. The first-order chi connectivity index (χ1) is 9.80. The molecule has 2 atom stereocenters.